The highest BCUT2D eigenvalue weighted by atomic mass is 79.9. The van der Waals surface area contributed by atoms with Gasteiger partial charge in [-0.05, 0) is 45.8 Å². The van der Waals surface area contributed by atoms with E-state index in [-0.39, 0.29) is 18.9 Å². The molecule has 0 aliphatic carbocycles. The van der Waals surface area contributed by atoms with Gasteiger partial charge in [0.2, 0.25) is 0 Å². The molecular formula is C19H14BrF2N3O2. The minimum Gasteiger partial charge on any atom is -0.465 e. The standard InChI is InChI=1S/C19H14BrF2N3O2/c20-14-7-11(5-6-16(14)22)8-25-18(12-3-1-2-4-15(12)21)13-9-24(19(26)27)10-17(13)23-25/h1-7H,8-10H2,(H,26,27). The molecule has 2 aromatic carbocycles. The molecule has 0 radical (unpaired) electrons. The van der Waals surface area contributed by atoms with Crippen LogP contribution in [-0.4, -0.2) is 25.9 Å². The maximum atomic E-state index is 14.5. The highest BCUT2D eigenvalue weighted by Gasteiger charge is 2.31. The van der Waals surface area contributed by atoms with E-state index in [1.807, 2.05) is 0 Å². The van der Waals surface area contributed by atoms with Crippen molar-refractivity contribution in [2.75, 3.05) is 0 Å². The molecule has 1 amide bonds. The fourth-order valence-electron chi connectivity index (χ4n) is 3.28. The number of hydrogen-bond donors (Lipinski definition) is 1. The fourth-order valence-corrected chi connectivity index (χ4v) is 3.71. The lowest BCUT2D eigenvalue weighted by Crippen LogP contribution is -2.24. The summed E-state index contributed by atoms with van der Waals surface area (Å²) < 4.78 is 30.0. The van der Waals surface area contributed by atoms with Crippen LogP contribution in [0, 0.1) is 11.6 Å². The quantitative estimate of drug-likeness (QED) is 0.654. The Balaban J connectivity index is 1.81. The number of hydrogen-bond acceptors (Lipinski definition) is 2. The van der Waals surface area contributed by atoms with E-state index in [1.165, 1.54) is 17.0 Å². The van der Waals surface area contributed by atoms with E-state index in [2.05, 4.69) is 21.0 Å². The molecule has 1 aliphatic heterocycles. The Morgan fingerprint density at radius 3 is 2.63 bits per heavy atom. The van der Waals surface area contributed by atoms with Crippen LogP contribution in [0.1, 0.15) is 16.8 Å². The Morgan fingerprint density at radius 2 is 1.93 bits per heavy atom. The van der Waals surface area contributed by atoms with E-state index < -0.39 is 11.9 Å². The lowest BCUT2D eigenvalue weighted by atomic mass is 10.1. The topological polar surface area (TPSA) is 58.4 Å². The van der Waals surface area contributed by atoms with Crippen molar-refractivity contribution in [3.05, 3.63) is 75.4 Å². The molecule has 2 heterocycles. The van der Waals surface area contributed by atoms with Gasteiger partial charge in [-0.3, -0.25) is 9.58 Å². The van der Waals surface area contributed by atoms with Crippen LogP contribution in [0.3, 0.4) is 0 Å². The lowest BCUT2D eigenvalue weighted by Gasteiger charge is -2.14. The van der Waals surface area contributed by atoms with E-state index in [0.717, 1.165) is 5.56 Å². The van der Waals surface area contributed by atoms with Crippen molar-refractivity contribution >= 4 is 22.0 Å². The molecule has 0 saturated carbocycles. The fraction of sp³-hybridized carbons (Fsp3) is 0.158. The SMILES string of the molecule is O=C(O)N1Cc2nn(Cc3ccc(F)c(Br)c3)c(-c3ccccc3F)c2C1. The molecule has 5 nitrogen and oxygen atoms in total. The summed E-state index contributed by atoms with van der Waals surface area (Å²) >= 11 is 3.17. The third-order valence-corrected chi connectivity index (χ3v) is 5.15. The Kier molecular flexibility index (Phi) is 4.43. The molecule has 0 bridgehead atoms. The second kappa shape index (κ2) is 6.77. The Hall–Kier alpha value is -2.74. The number of rotatable bonds is 3. The number of amides is 1. The molecule has 0 atom stereocenters. The lowest BCUT2D eigenvalue weighted by molar-refractivity contribution is 0.144. The predicted molar refractivity (Wildman–Crippen MR) is 98.1 cm³/mol. The van der Waals surface area contributed by atoms with Gasteiger partial charge in [0.05, 0.1) is 35.5 Å². The van der Waals surface area contributed by atoms with Crippen molar-refractivity contribution in [1.29, 1.82) is 0 Å². The molecule has 8 heteroatoms. The molecule has 3 aromatic rings. The zero-order valence-corrected chi connectivity index (χ0v) is 15.6. The molecule has 1 aliphatic rings. The van der Waals surface area contributed by atoms with Crippen LogP contribution in [0.4, 0.5) is 13.6 Å². The van der Waals surface area contributed by atoms with Gasteiger partial charge in [0, 0.05) is 11.1 Å². The van der Waals surface area contributed by atoms with Gasteiger partial charge in [0.15, 0.2) is 0 Å². The number of halogens is 3. The average Bonchev–Trinajstić information content (AvgIpc) is 3.17. The normalized spacial score (nSPS) is 13.1. The molecular weight excluding hydrogens is 420 g/mol. The first-order chi connectivity index (χ1) is 12.9. The molecule has 27 heavy (non-hydrogen) atoms. The van der Waals surface area contributed by atoms with Crippen molar-refractivity contribution in [2.45, 2.75) is 19.6 Å². The van der Waals surface area contributed by atoms with Crippen molar-refractivity contribution in [2.24, 2.45) is 0 Å². The van der Waals surface area contributed by atoms with Crippen LogP contribution >= 0.6 is 15.9 Å². The summed E-state index contributed by atoms with van der Waals surface area (Å²) in [6, 6.07) is 11.0. The Labute approximate surface area is 162 Å². The molecule has 1 N–H and O–H groups in total. The highest BCUT2D eigenvalue weighted by molar-refractivity contribution is 9.10. The summed E-state index contributed by atoms with van der Waals surface area (Å²) in [4.78, 5) is 12.5. The molecule has 0 unspecified atom stereocenters. The average molecular weight is 434 g/mol. The first-order valence-electron chi connectivity index (χ1n) is 8.19. The summed E-state index contributed by atoms with van der Waals surface area (Å²) in [5.74, 6) is -0.774. The van der Waals surface area contributed by atoms with Gasteiger partial charge in [-0.15, -0.1) is 0 Å². The number of aromatic nitrogens is 2. The second-order valence-electron chi connectivity index (χ2n) is 6.30. The first-order valence-corrected chi connectivity index (χ1v) is 8.98. The summed E-state index contributed by atoms with van der Waals surface area (Å²) in [5, 5.41) is 13.8. The van der Waals surface area contributed by atoms with Crippen LogP contribution in [0.15, 0.2) is 46.9 Å². The van der Waals surface area contributed by atoms with Gasteiger partial charge in [0.1, 0.15) is 11.6 Å². The highest BCUT2D eigenvalue weighted by Crippen LogP contribution is 2.34. The summed E-state index contributed by atoms with van der Waals surface area (Å²) in [6.45, 7) is 0.621. The van der Waals surface area contributed by atoms with Crippen LogP contribution in [0.5, 0.6) is 0 Å². The molecule has 0 fully saturated rings. The van der Waals surface area contributed by atoms with Gasteiger partial charge in [-0.1, -0.05) is 18.2 Å². The van der Waals surface area contributed by atoms with E-state index in [9.17, 15) is 18.7 Å². The zero-order valence-electron chi connectivity index (χ0n) is 14.0. The van der Waals surface area contributed by atoms with E-state index in [1.54, 1.807) is 35.0 Å². The molecule has 4 rings (SSSR count). The molecule has 0 saturated heterocycles. The van der Waals surface area contributed by atoms with Crippen LogP contribution in [0.2, 0.25) is 0 Å². The second-order valence-corrected chi connectivity index (χ2v) is 7.15. The minimum absolute atomic E-state index is 0.154. The predicted octanol–water partition coefficient (Wildman–Crippen LogP) is 4.63. The van der Waals surface area contributed by atoms with Gasteiger partial charge >= 0.3 is 6.09 Å². The van der Waals surface area contributed by atoms with Crippen LogP contribution < -0.4 is 0 Å². The largest absolute Gasteiger partial charge is 0.465 e. The Morgan fingerprint density at radius 1 is 1.15 bits per heavy atom. The van der Waals surface area contributed by atoms with Crippen LogP contribution in [-0.2, 0) is 19.6 Å². The van der Waals surface area contributed by atoms with Gasteiger partial charge in [-0.2, -0.15) is 5.10 Å². The summed E-state index contributed by atoms with van der Waals surface area (Å²) in [7, 11) is 0. The minimum atomic E-state index is -1.04. The third-order valence-electron chi connectivity index (χ3n) is 4.54. The zero-order chi connectivity index (χ0) is 19.1. The number of nitrogens with zero attached hydrogens (tertiary/aromatic N) is 3. The van der Waals surface area contributed by atoms with Crippen molar-refractivity contribution in [3.8, 4) is 11.3 Å². The van der Waals surface area contributed by atoms with Gasteiger partial charge in [0.25, 0.3) is 0 Å². The third kappa shape index (κ3) is 3.21. The number of carboxylic acid groups (broad SMARTS) is 1. The van der Waals surface area contributed by atoms with Gasteiger partial charge < -0.3 is 5.11 Å². The smallest absolute Gasteiger partial charge is 0.407 e. The van der Waals surface area contributed by atoms with Crippen LogP contribution in [0.25, 0.3) is 11.3 Å². The number of carbonyl (C=O) groups is 1. The molecule has 0 spiro atoms. The van der Waals surface area contributed by atoms with E-state index >= 15 is 0 Å². The number of benzene rings is 2. The maximum absolute atomic E-state index is 14.5. The number of fused-ring (bicyclic) bond motifs is 1. The van der Waals surface area contributed by atoms with E-state index in [0.29, 0.717) is 33.5 Å². The maximum Gasteiger partial charge on any atom is 0.407 e. The van der Waals surface area contributed by atoms with Crippen molar-refractivity contribution in [3.63, 3.8) is 0 Å². The monoisotopic (exact) mass is 433 g/mol. The van der Waals surface area contributed by atoms with Crippen molar-refractivity contribution < 1.29 is 18.7 Å². The Bertz CT molecular complexity index is 1050. The van der Waals surface area contributed by atoms with Crippen molar-refractivity contribution in [1.82, 2.24) is 14.7 Å². The summed E-state index contributed by atoms with van der Waals surface area (Å²) in [6.07, 6.45) is -1.04. The summed E-state index contributed by atoms with van der Waals surface area (Å²) in [5.41, 5.74) is 3.00. The van der Waals surface area contributed by atoms with E-state index in [4.69, 9.17) is 0 Å². The van der Waals surface area contributed by atoms with Gasteiger partial charge in [-0.25, -0.2) is 13.6 Å². The first kappa shape index (κ1) is 17.7. The molecule has 1 aromatic heterocycles. The molecule has 138 valence electrons.